The van der Waals surface area contributed by atoms with Crippen LogP contribution in [-0.2, 0) is 19.6 Å². The molecule has 158 valence electrons. The number of amides is 2. The van der Waals surface area contributed by atoms with Crippen molar-refractivity contribution >= 4 is 33.6 Å². The maximum absolute atomic E-state index is 13.1. The van der Waals surface area contributed by atoms with Gasteiger partial charge in [0.2, 0.25) is 21.8 Å². The van der Waals surface area contributed by atoms with Gasteiger partial charge in [0.05, 0.1) is 16.9 Å². The van der Waals surface area contributed by atoms with Gasteiger partial charge in [-0.15, -0.1) is 11.8 Å². The molecule has 29 heavy (non-hydrogen) atoms. The fourth-order valence-corrected chi connectivity index (χ4v) is 7.11. The minimum Gasteiger partial charge on any atom is -0.497 e. The first-order valence-corrected chi connectivity index (χ1v) is 12.1. The Balaban J connectivity index is 1.41. The van der Waals surface area contributed by atoms with E-state index in [1.807, 2.05) is 6.92 Å². The van der Waals surface area contributed by atoms with Crippen molar-refractivity contribution in [3.8, 4) is 5.75 Å². The Morgan fingerprint density at radius 2 is 1.83 bits per heavy atom. The molecule has 2 amide bonds. The van der Waals surface area contributed by atoms with Gasteiger partial charge in [0, 0.05) is 38.4 Å². The van der Waals surface area contributed by atoms with Gasteiger partial charge in [-0.05, 0) is 37.6 Å². The van der Waals surface area contributed by atoms with Crippen LogP contribution in [0, 0.1) is 0 Å². The van der Waals surface area contributed by atoms with E-state index in [1.165, 1.54) is 23.5 Å². The number of hydrogen-bond acceptors (Lipinski definition) is 6. The van der Waals surface area contributed by atoms with Gasteiger partial charge >= 0.3 is 0 Å². The van der Waals surface area contributed by atoms with Crippen LogP contribution >= 0.6 is 11.8 Å². The van der Waals surface area contributed by atoms with Crippen LogP contribution in [-0.4, -0.2) is 84.3 Å². The summed E-state index contributed by atoms with van der Waals surface area (Å²) in [6.07, 6.45) is 1.26. The molecule has 10 heteroatoms. The maximum Gasteiger partial charge on any atom is 0.246 e. The van der Waals surface area contributed by atoms with Crippen molar-refractivity contribution in [2.24, 2.45) is 0 Å². The molecule has 4 rings (SSSR count). The number of methoxy groups -OCH3 is 1. The van der Waals surface area contributed by atoms with E-state index in [0.29, 0.717) is 31.0 Å². The molecular weight excluding hydrogens is 414 g/mol. The van der Waals surface area contributed by atoms with E-state index in [0.717, 1.165) is 6.42 Å². The Labute approximate surface area is 175 Å². The number of carbonyl (C=O) groups excluding carboxylic acids is 2. The number of ether oxygens (including phenoxy) is 1. The monoisotopic (exact) mass is 439 g/mol. The van der Waals surface area contributed by atoms with Gasteiger partial charge < -0.3 is 14.5 Å². The zero-order valence-electron chi connectivity index (χ0n) is 16.5. The predicted octanol–water partition coefficient (Wildman–Crippen LogP) is 0.982. The summed E-state index contributed by atoms with van der Waals surface area (Å²) >= 11 is 1.67. The Morgan fingerprint density at radius 3 is 2.45 bits per heavy atom. The van der Waals surface area contributed by atoms with Crippen LogP contribution in [0.1, 0.15) is 19.8 Å². The highest BCUT2D eigenvalue weighted by Crippen LogP contribution is 2.47. The van der Waals surface area contributed by atoms with Crippen LogP contribution in [0.3, 0.4) is 0 Å². The lowest BCUT2D eigenvalue weighted by molar-refractivity contribution is -0.144. The first-order chi connectivity index (χ1) is 13.8. The third-order valence-corrected chi connectivity index (χ3v) is 9.40. The fraction of sp³-hybridized carbons (Fsp3) is 0.579. The van der Waals surface area contributed by atoms with E-state index >= 15 is 0 Å². The van der Waals surface area contributed by atoms with Gasteiger partial charge in [0.25, 0.3) is 0 Å². The van der Waals surface area contributed by atoms with E-state index in [-0.39, 0.29) is 34.7 Å². The van der Waals surface area contributed by atoms with Crippen LogP contribution in [0.2, 0.25) is 0 Å². The molecule has 0 aromatic heterocycles. The minimum atomic E-state index is -3.62. The number of fused-ring (bicyclic) bond motifs is 1. The summed E-state index contributed by atoms with van der Waals surface area (Å²) in [5.74, 6) is 1.16. The Hall–Kier alpha value is -1.78. The number of carbonyl (C=O) groups is 2. The van der Waals surface area contributed by atoms with Crippen molar-refractivity contribution < 1.29 is 22.7 Å². The van der Waals surface area contributed by atoms with E-state index in [1.54, 1.807) is 33.7 Å². The lowest BCUT2D eigenvalue weighted by Gasteiger charge is -2.37. The lowest BCUT2D eigenvalue weighted by Crippen LogP contribution is -2.56. The molecule has 2 atom stereocenters. The number of hydrogen-bond donors (Lipinski definition) is 0. The predicted molar refractivity (Wildman–Crippen MR) is 109 cm³/mol. The van der Waals surface area contributed by atoms with E-state index < -0.39 is 16.1 Å². The second-order valence-corrected chi connectivity index (χ2v) is 11.1. The molecule has 3 saturated heterocycles. The Bertz CT molecular complexity index is 912. The number of sulfonamides is 1. The van der Waals surface area contributed by atoms with Crippen LogP contribution < -0.4 is 4.74 Å². The molecular formula is C19H25N3O5S2. The molecule has 0 bridgehead atoms. The van der Waals surface area contributed by atoms with Gasteiger partial charge in [0.1, 0.15) is 11.8 Å². The van der Waals surface area contributed by atoms with Crippen molar-refractivity contribution in [1.29, 1.82) is 0 Å². The normalized spacial score (nSPS) is 27.9. The Morgan fingerprint density at radius 1 is 1.17 bits per heavy atom. The standard InChI is InChI=1S/C19H25N3O5S2/c1-19-8-7-17(23)22(19)16(13-28-19)18(24)20-9-11-21(12-10-20)29(25,26)15-5-3-14(27-2)4-6-15/h3-6,16H,7-13H2,1-2H3/t16-,19+/m1/s1. The molecule has 3 fully saturated rings. The van der Waals surface area contributed by atoms with Crippen LogP contribution in [0.4, 0.5) is 0 Å². The highest BCUT2D eigenvalue weighted by molar-refractivity contribution is 8.01. The molecule has 3 aliphatic rings. The van der Waals surface area contributed by atoms with Gasteiger partial charge in [-0.3, -0.25) is 9.59 Å². The van der Waals surface area contributed by atoms with E-state index in [2.05, 4.69) is 0 Å². The summed E-state index contributed by atoms with van der Waals surface area (Å²) in [7, 11) is -2.09. The molecule has 0 saturated carbocycles. The SMILES string of the molecule is COc1ccc(S(=O)(=O)N2CCN(C(=O)[C@H]3CS[C@@]4(C)CCC(=O)N34)CC2)cc1. The smallest absolute Gasteiger partial charge is 0.246 e. The topological polar surface area (TPSA) is 87.2 Å². The highest BCUT2D eigenvalue weighted by atomic mass is 32.2. The van der Waals surface area contributed by atoms with Gasteiger partial charge in [-0.25, -0.2) is 8.42 Å². The molecule has 3 aliphatic heterocycles. The van der Waals surface area contributed by atoms with E-state index in [9.17, 15) is 18.0 Å². The summed E-state index contributed by atoms with van der Waals surface area (Å²) < 4.78 is 32.2. The number of rotatable bonds is 4. The molecule has 0 spiro atoms. The summed E-state index contributed by atoms with van der Waals surface area (Å²) in [5.41, 5.74) is 0. The zero-order chi connectivity index (χ0) is 20.8. The first-order valence-electron chi connectivity index (χ1n) is 9.65. The fourth-order valence-electron chi connectivity index (χ4n) is 4.26. The first kappa shape index (κ1) is 20.5. The van der Waals surface area contributed by atoms with E-state index in [4.69, 9.17) is 4.74 Å². The zero-order valence-corrected chi connectivity index (χ0v) is 18.2. The second kappa shape index (κ2) is 7.48. The molecule has 1 aromatic carbocycles. The number of benzene rings is 1. The molecule has 0 radical (unpaired) electrons. The summed E-state index contributed by atoms with van der Waals surface area (Å²) in [5, 5.41) is 0. The van der Waals surface area contributed by atoms with Crippen molar-refractivity contribution in [3.05, 3.63) is 24.3 Å². The van der Waals surface area contributed by atoms with Crippen LogP contribution in [0.15, 0.2) is 29.2 Å². The molecule has 8 nitrogen and oxygen atoms in total. The summed E-state index contributed by atoms with van der Waals surface area (Å²) in [6, 6.07) is 5.86. The minimum absolute atomic E-state index is 0.0385. The average Bonchev–Trinajstić information content (AvgIpc) is 3.23. The second-order valence-electron chi connectivity index (χ2n) is 7.67. The quantitative estimate of drug-likeness (QED) is 0.695. The number of piperazine rings is 1. The lowest BCUT2D eigenvalue weighted by atomic mass is 10.2. The van der Waals surface area contributed by atoms with Gasteiger partial charge in [0.15, 0.2) is 0 Å². The van der Waals surface area contributed by atoms with Crippen molar-refractivity contribution in [2.75, 3.05) is 39.0 Å². The van der Waals surface area contributed by atoms with Gasteiger partial charge in [-0.1, -0.05) is 0 Å². The summed E-state index contributed by atoms with van der Waals surface area (Å²) in [4.78, 5) is 28.7. The van der Waals surface area contributed by atoms with Crippen molar-refractivity contribution in [2.45, 2.75) is 35.6 Å². The van der Waals surface area contributed by atoms with Crippen LogP contribution in [0.25, 0.3) is 0 Å². The summed E-state index contributed by atoms with van der Waals surface area (Å²) in [6.45, 7) is 3.16. The molecule has 0 N–H and O–H groups in total. The van der Waals surface area contributed by atoms with Crippen LogP contribution in [0.5, 0.6) is 5.75 Å². The Kier molecular flexibility index (Phi) is 5.28. The largest absolute Gasteiger partial charge is 0.497 e. The maximum atomic E-state index is 13.1. The average molecular weight is 440 g/mol. The molecule has 0 unspecified atom stereocenters. The third kappa shape index (κ3) is 3.51. The number of nitrogens with zero attached hydrogens (tertiary/aromatic N) is 3. The third-order valence-electron chi connectivity index (χ3n) is 5.98. The molecule has 0 aliphatic carbocycles. The molecule has 3 heterocycles. The van der Waals surface area contributed by atoms with Crippen molar-refractivity contribution in [3.63, 3.8) is 0 Å². The molecule has 1 aromatic rings. The van der Waals surface area contributed by atoms with Crippen molar-refractivity contribution in [1.82, 2.24) is 14.1 Å². The highest BCUT2D eigenvalue weighted by Gasteiger charge is 2.53. The van der Waals surface area contributed by atoms with Gasteiger partial charge in [-0.2, -0.15) is 4.31 Å². The number of thioether (sulfide) groups is 1.